The number of hydrogen-bond donors (Lipinski definition) is 1. The van der Waals surface area contributed by atoms with Crippen molar-refractivity contribution >= 4 is 33.1 Å². The first-order valence-electron chi connectivity index (χ1n) is 9.10. The number of aliphatic imine (C=N–C) groups is 1. The number of nitrogens with one attached hydrogen (secondary N) is 1. The lowest BCUT2D eigenvalue weighted by Gasteiger charge is -2.42. The van der Waals surface area contributed by atoms with Gasteiger partial charge in [-0.05, 0) is 55.2 Å². The van der Waals surface area contributed by atoms with Crippen molar-refractivity contribution in [3.8, 4) is 12.3 Å². The third-order valence-corrected chi connectivity index (χ3v) is 6.84. The second-order valence-electron chi connectivity index (χ2n) is 7.11. The Labute approximate surface area is 175 Å². The van der Waals surface area contributed by atoms with Gasteiger partial charge in [-0.15, -0.1) is 6.42 Å². The van der Waals surface area contributed by atoms with E-state index in [9.17, 15) is 24.2 Å². The van der Waals surface area contributed by atoms with Crippen LogP contribution in [-0.4, -0.2) is 35.6 Å². The predicted molar refractivity (Wildman–Crippen MR) is 111 cm³/mol. The molecule has 0 unspecified atom stereocenters. The average Bonchev–Trinajstić information content (AvgIpc) is 2.99. The molecular weight excluding hydrogens is 445 g/mol. The smallest absolute Gasteiger partial charge is 0.311 e. The Kier molecular flexibility index (Phi) is 5.73. The summed E-state index contributed by atoms with van der Waals surface area (Å²) in [5.41, 5.74) is -0.418. The lowest BCUT2D eigenvalue weighted by molar-refractivity contribution is 0.193. The summed E-state index contributed by atoms with van der Waals surface area (Å²) in [5, 5.41) is 2.55. The van der Waals surface area contributed by atoms with Crippen molar-refractivity contribution in [1.29, 1.82) is 0 Å². The Bertz CT molecular complexity index is 946. The maximum Gasteiger partial charge on any atom is 0.311 e. The molecule has 3 rings (SSSR count). The number of allylic oxidation sites excluding steroid dienone is 1. The van der Waals surface area contributed by atoms with Gasteiger partial charge in [-0.2, -0.15) is 4.99 Å². The van der Waals surface area contributed by atoms with Gasteiger partial charge in [0.25, 0.3) is 0 Å². The third kappa shape index (κ3) is 5.77. The monoisotopic (exact) mass is 465 g/mol. The van der Waals surface area contributed by atoms with Crippen LogP contribution in [-0.2, 0) is 6.54 Å². The van der Waals surface area contributed by atoms with Gasteiger partial charge in [0.15, 0.2) is 0 Å². The average molecular weight is 466 g/mol. The number of likely N-dealkylation sites (tertiary alicyclic amines) is 1. The first-order valence-corrected chi connectivity index (χ1v) is 11.9. The summed E-state index contributed by atoms with van der Waals surface area (Å²) in [6, 6.07) is 3.86. The van der Waals surface area contributed by atoms with Gasteiger partial charge in [0, 0.05) is 6.54 Å². The molecule has 0 atom stereocenters. The standard InChI is InChI=1S/C19H20F5N3OS2/c1-2-9-25-18-16(29-19(28)26-18)12-14-7-10-27(11-8-14)13-15-5-3-4-6-17(15)30(20,21,22,23)24/h1,3-6,12,14H,7-11,13H2,(H,25,26,28)/b16-12-. The number of amidine groups is 1. The Hall–Kier alpha value is -2.03. The maximum absolute atomic E-state index is 13.3. The highest BCUT2D eigenvalue weighted by molar-refractivity contribution is 8.45. The second-order valence-corrected chi connectivity index (χ2v) is 10.5. The molecule has 1 saturated heterocycles. The van der Waals surface area contributed by atoms with Crippen LogP contribution in [0.3, 0.4) is 0 Å². The first-order chi connectivity index (χ1) is 13.9. The molecule has 1 N–H and O–H groups in total. The van der Waals surface area contributed by atoms with Gasteiger partial charge in [0.1, 0.15) is 10.7 Å². The van der Waals surface area contributed by atoms with E-state index in [0.717, 1.165) is 23.9 Å². The summed E-state index contributed by atoms with van der Waals surface area (Å²) in [4.78, 5) is 16.0. The maximum atomic E-state index is 13.3. The van der Waals surface area contributed by atoms with Crippen molar-refractivity contribution < 1.29 is 24.2 Å². The predicted octanol–water partition coefficient (Wildman–Crippen LogP) is 5.93. The molecule has 0 bridgehead atoms. The molecule has 1 amide bonds. The Balaban J connectivity index is 1.65. The zero-order valence-corrected chi connectivity index (χ0v) is 17.4. The molecule has 4 nitrogen and oxygen atoms in total. The Morgan fingerprint density at radius 3 is 2.53 bits per heavy atom. The number of hydrogen-bond acceptors (Lipinski definition) is 4. The zero-order chi connectivity index (χ0) is 22.1. The van der Waals surface area contributed by atoms with E-state index >= 15 is 0 Å². The number of nitrogens with zero attached hydrogens (tertiary/aromatic N) is 2. The fourth-order valence-electron chi connectivity index (χ4n) is 3.43. The highest BCUT2D eigenvalue weighted by Gasteiger charge is 2.66. The molecule has 1 aromatic rings. The number of piperidine rings is 1. The molecule has 0 aromatic heterocycles. The van der Waals surface area contributed by atoms with E-state index in [0.29, 0.717) is 42.7 Å². The van der Waals surface area contributed by atoms with Crippen LogP contribution in [0.5, 0.6) is 0 Å². The van der Waals surface area contributed by atoms with Crippen LogP contribution in [0.1, 0.15) is 18.4 Å². The SMILES string of the molecule is C#CCNC1=NC(=O)S/C1=C\C1CCN(Cc2ccccc2S(F)(F)(F)(F)F)CC1. The summed E-state index contributed by atoms with van der Waals surface area (Å²) in [5.74, 6) is 2.93. The quantitative estimate of drug-likeness (QED) is 0.433. The highest BCUT2D eigenvalue weighted by Crippen LogP contribution is 3.02. The van der Waals surface area contributed by atoms with E-state index in [4.69, 9.17) is 6.42 Å². The Morgan fingerprint density at radius 1 is 1.23 bits per heavy atom. The summed E-state index contributed by atoms with van der Waals surface area (Å²) >= 11 is 0.994. The van der Waals surface area contributed by atoms with Gasteiger partial charge in [-0.3, -0.25) is 9.69 Å². The molecule has 2 aliphatic rings. The number of amides is 1. The van der Waals surface area contributed by atoms with Crippen molar-refractivity contribution in [2.45, 2.75) is 24.3 Å². The van der Waals surface area contributed by atoms with Gasteiger partial charge in [-0.25, -0.2) is 0 Å². The number of terminal acetylenes is 1. The molecule has 11 heteroatoms. The fraction of sp³-hybridized carbons (Fsp3) is 0.368. The highest BCUT2D eigenvalue weighted by atomic mass is 32.5. The number of carbonyl (C=O) groups is 1. The van der Waals surface area contributed by atoms with Crippen LogP contribution >= 0.6 is 22.0 Å². The number of carbonyl (C=O) groups excluding carboxylic acids is 1. The van der Waals surface area contributed by atoms with Crippen molar-refractivity contribution in [2.24, 2.45) is 10.9 Å². The van der Waals surface area contributed by atoms with Crippen molar-refractivity contribution in [2.75, 3.05) is 19.6 Å². The van der Waals surface area contributed by atoms with Gasteiger partial charge in [0.05, 0.1) is 11.4 Å². The lowest BCUT2D eigenvalue weighted by Crippen LogP contribution is -2.33. The summed E-state index contributed by atoms with van der Waals surface area (Å²) in [7, 11) is -9.75. The normalized spacial score (nSPS) is 22.3. The van der Waals surface area contributed by atoms with Crippen LogP contribution in [0.4, 0.5) is 24.2 Å². The molecule has 30 heavy (non-hydrogen) atoms. The van der Waals surface area contributed by atoms with Gasteiger partial charge in [0.2, 0.25) is 0 Å². The van der Waals surface area contributed by atoms with E-state index in [2.05, 4.69) is 16.2 Å². The molecular formula is C19H20F5N3OS2. The topological polar surface area (TPSA) is 44.7 Å². The Morgan fingerprint density at radius 2 is 1.90 bits per heavy atom. The number of thioether (sulfide) groups is 1. The fourth-order valence-corrected chi connectivity index (χ4v) is 5.19. The van der Waals surface area contributed by atoms with Gasteiger partial charge < -0.3 is 5.32 Å². The van der Waals surface area contributed by atoms with Crippen LogP contribution in [0, 0.1) is 18.3 Å². The van der Waals surface area contributed by atoms with E-state index in [1.165, 1.54) is 6.07 Å². The van der Waals surface area contributed by atoms with Gasteiger partial charge in [-0.1, -0.05) is 49.6 Å². The molecule has 164 valence electrons. The molecule has 0 radical (unpaired) electrons. The van der Waals surface area contributed by atoms with E-state index in [-0.39, 0.29) is 24.2 Å². The molecule has 2 aliphatic heterocycles. The van der Waals surface area contributed by atoms with E-state index in [1.807, 2.05) is 6.08 Å². The summed E-state index contributed by atoms with van der Waals surface area (Å²) < 4.78 is 66.6. The minimum absolute atomic E-state index is 0.0957. The number of rotatable bonds is 5. The summed E-state index contributed by atoms with van der Waals surface area (Å²) in [6.45, 7) is 0.931. The molecule has 0 spiro atoms. The van der Waals surface area contributed by atoms with Crippen LogP contribution in [0.2, 0.25) is 0 Å². The summed E-state index contributed by atoms with van der Waals surface area (Å²) in [6.07, 6.45) is 8.37. The second kappa shape index (κ2) is 7.59. The van der Waals surface area contributed by atoms with Gasteiger partial charge >= 0.3 is 15.5 Å². The number of benzene rings is 1. The number of halogens is 5. The molecule has 1 aromatic carbocycles. The molecule has 0 aliphatic carbocycles. The molecule has 0 saturated carbocycles. The molecule has 1 fully saturated rings. The van der Waals surface area contributed by atoms with Crippen LogP contribution in [0.15, 0.2) is 45.1 Å². The van der Waals surface area contributed by atoms with Crippen molar-refractivity contribution in [3.05, 3.63) is 40.8 Å². The largest absolute Gasteiger partial charge is 0.358 e. The van der Waals surface area contributed by atoms with E-state index in [1.54, 1.807) is 4.90 Å². The van der Waals surface area contributed by atoms with E-state index < -0.39 is 20.7 Å². The minimum Gasteiger partial charge on any atom is -0.358 e. The van der Waals surface area contributed by atoms with Crippen molar-refractivity contribution in [3.63, 3.8) is 0 Å². The van der Waals surface area contributed by atoms with Crippen molar-refractivity contribution in [1.82, 2.24) is 10.2 Å². The third-order valence-electron chi connectivity index (χ3n) is 4.79. The van der Waals surface area contributed by atoms with Crippen LogP contribution < -0.4 is 5.32 Å². The minimum atomic E-state index is -9.75. The van der Waals surface area contributed by atoms with Crippen LogP contribution in [0.25, 0.3) is 0 Å². The lowest BCUT2D eigenvalue weighted by atomic mass is 9.96. The zero-order valence-electron chi connectivity index (χ0n) is 15.8. The molecule has 2 heterocycles. The first kappa shape index (κ1) is 22.7.